The predicted molar refractivity (Wildman–Crippen MR) is 119 cm³/mol. The molecule has 33 heavy (non-hydrogen) atoms. The van der Waals surface area contributed by atoms with Gasteiger partial charge in [0.25, 0.3) is 0 Å². The standard InChI is InChI=1S/C18H33N9O6/c1-10(19)13(28)31-7-25(4)16-22-17(26(5)8-32-14(29)11(2)20)24-18(23-16)27(6)9-33-15(30)12(3)21/h10-12H,7-9,19-21H2,1-6H3. The number of hydrogen-bond donors (Lipinski definition) is 3. The van der Waals surface area contributed by atoms with Crippen LogP contribution in [0, 0.1) is 0 Å². The van der Waals surface area contributed by atoms with Gasteiger partial charge in [-0.2, -0.15) is 15.0 Å². The molecule has 3 unspecified atom stereocenters. The topological polar surface area (TPSA) is 205 Å². The molecule has 6 N–H and O–H groups in total. The minimum atomic E-state index is -0.792. The molecule has 1 aromatic rings. The molecule has 3 atom stereocenters. The molecular formula is C18H33N9O6. The Morgan fingerprint density at radius 2 is 0.848 bits per heavy atom. The Balaban J connectivity index is 3.11. The van der Waals surface area contributed by atoms with Crippen LogP contribution in [0.5, 0.6) is 0 Å². The number of carbonyl (C=O) groups excluding carboxylic acids is 3. The summed E-state index contributed by atoms with van der Waals surface area (Å²) in [7, 11) is 4.76. The van der Waals surface area contributed by atoms with E-state index in [0.29, 0.717) is 0 Å². The second-order valence-corrected chi connectivity index (χ2v) is 7.47. The highest BCUT2D eigenvalue weighted by molar-refractivity contribution is 5.75. The lowest BCUT2D eigenvalue weighted by Crippen LogP contribution is -2.36. The first-order valence-corrected chi connectivity index (χ1v) is 9.99. The number of rotatable bonds is 12. The SMILES string of the molecule is CC(N)C(=O)OCN(C)c1nc(N(C)COC(=O)C(C)N)nc(N(C)COC(=O)C(C)N)n1. The van der Waals surface area contributed by atoms with E-state index in [-0.39, 0.29) is 38.0 Å². The first-order chi connectivity index (χ1) is 15.3. The molecule has 15 heteroatoms. The Hall–Kier alpha value is -3.30. The Labute approximate surface area is 192 Å². The van der Waals surface area contributed by atoms with E-state index in [1.165, 1.54) is 35.5 Å². The zero-order valence-corrected chi connectivity index (χ0v) is 19.7. The number of nitrogens with two attached hydrogens (primary N) is 3. The third-order valence-electron chi connectivity index (χ3n) is 3.94. The minimum absolute atomic E-state index is 0.128. The van der Waals surface area contributed by atoms with Gasteiger partial charge in [0, 0.05) is 21.1 Å². The molecule has 0 amide bonds. The average molecular weight is 472 g/mol. The Morgan fingerprint density at radius 1 is 0.636 bits per heavy atom. The number of aromatic nitrogens is 3. The minimum Gasteiger partial charge on any atom is -0.443 e. The van der Waals surface area contributed by atoms with Crippen molar-refractivity contribution in [1.29, 1.82) is 0 Å². The van der Waals surface area contributed by atoms with Crippen molar-refractivity contribution in [3.8, 4) is 0 Å². The van der Waals surface area contributed by atoms with Gasteiger partial charge in [-0.05, 0) is 20.8 Å². The van der Waals surface area contributed by atoms with Gasteiger partial charge < -0.3 is 46.1 Å². The Morgan fingerprint density at radius 3 is 1.03 bits per heavy atom. The average Bonchev–Trinajstić information content (AvgIpc) is 2.77. The van der Waals surface area contributed by atoms with Gasteiger partial charge in [-0.1, -0.05) is 0 Å². The molecular weight excluding hydrogens is 438 g/mol. The van der Waals surface area contributed by atoms with Crippen LogP contribution in [-0.4, -0.2) is 92.3 Å². The highest BCUT2D eigenvalue weighted by Gasteiger charge is 2.20. The van der Waals surface area contributed by atoms with Crippen LogP contribution < -0.4 is 31.9 Å². The maximum Gasteiger partial charge on any atom is 0.324 e. The molecule has 0 aliphatic rings. The van der Waals surface area contributed by atoms with Crippen LogP contribution in [0.15, 0.2) is 0 Å². The fourth-order valence-electron chi connectivity index (χ4n) is 1.90. The van der Waals surface area contributed by atoms with Crippen molar-refractivity contribution >= 4 is 35.8 Å². The second kappa shape index (κ2) is 12.7. The third-order valence-corrected chi connectivity index (χ3v) is 3.94. The van der Waals surface area contributed by atoms with Gasteiger partial charge in [0.15, 0.2) is 20.2 Å². The third kappa shape index (κ3) is 8.99. The van der Waals surface area contributed by atoms with E-state index in [1.54, 1.807) is 21.1 Å². The molecule has 15 nitrogen and oxygen atoms in total. The smallest absolute Gasteiger partial charge is 0.324 e. The van der Waals surface area contributed by atoms with E-state index in [9.17, 15) is 14.4 Å². The molecule has 186 valence electrons. The predicted octanol–water partition coefficient (Wildman–Crippen LogP) is -2.28. The molecule has 1 aromatic heterocycles. The van der Waals surface area contributed by atoms with Crippen LogP contribution in [-0.2, 0) is 28.6 Å². The zero-order valence-electron chi connectivity index (χ0n) is 19.7. The largest absolute Gasteiger partial charge is 0.443 e. The van der Waals surface area contributed by atoms with Crippen molar-refractivity contribution < 1.29 is 28.6 Å². The zero-order chi connectivity index (χ0) is 25.3. The van der Waals surface area contributed by atoms with Crippen molar-refractivity contribution in [2.24, 2.45) is 17.2 Å². The molecule has 1 rings (SSSR count). The summed E-state index contributed by atoms with van der Waals surface area (Å²) in [6.07, 6.45) is 0. The van der Waals surface area contributed by atoms with E-state index in [1.807, 2.05) is 0 Å². The summed E-state index contributed by atoms with van der Waals surface area (Å²) in [4.78, 5) is 52.3. The second-order valence-electron chi connectivity index (χ2n) is 7.47. The summed E-state index contributed by atoms with van der Waals surface area (Å²) in [6.45, 7) is 3.94. The molecule has 0 bridgehead atoms. The van der Waals surface area contributed by atoms with Gasteiger partial charge in [0.2, 0.25) is 17.8 Å². The number of ether oxygens (including phenoxy) is 3. The van der Waals surface area contributed by atoms with Gasteiger partial charge in [0.05, 0.1) is 0 Å². The van der Waals surface area contributed by atoms with Crippen molar-refractivity contribution in [3.05, 3.63) is 0 Å². The summed E-state index contributed by atoms with van der Waals surface area (Å²) in [6, 6.07) is -2.38. The molecule has 0 aliphatic carbocycles. The number of hydrogen-bond acceptors (Lipinski definition) is 15. The Bertz CT molecular complexity index is 704. The number of anilines is 3. The number of nitrogens with zero attached hydrogens (tertiary/aromatic N) is 6. The molecule has 0 saturated carbocycles. The van der Waals surface area contributed by atoms with Gasteiger partial charge in [-0.15, -0.1) is 0 Å². The summed E-state index contributed by atoms with van der Waals surface area (Å²) in [5.74, 6) is -1.42. The first-order valence-electron chi connectivity index (χ1n) is 9.99. The van der Waals surface area contributed by atoms with Crippen LogP contribution in [0.4, 0.5) is 17.8 Å². The summed E-state index contributed by atoms with van der Waals surface area (Å²) >= 11 is 0. The van der Waals surface area contributed by atoms with Crippen molar-refractivity contribution in [2.75, 3.05) is 56.0 Å². The van der Waals surface area contributed by atoms with E-state index in [4.69, 9.17) is 31.4 Å². The first kappa shape index (κ1) is 27.7. The van der Waals surface area contributed by atoms with Crippen molar-refractivity contribution in [3.63, 3.8) is 0 Å². The lowest BCUT2D eigenvalue weighted by atomic mass is 10.4. The lowest BCUT2D eigenvalue weighted by molar-refractivity contribution is -0.145. The van der Waals surface area contributed by atoms with Crippen molar-refractivity contribution in [1.82, 2.24) is 15.0 Å². The highest BCUT2D eigenvalue weighted by atomic mass is 16.6. The van der Waals surface area contributed by atoms with Gasteiger partial charge >= 0.3 is 17.9 Å². The van der Waals surface area contributed by atoms with Gasteiger partial charge in [-0.3, -0.25) is 14.4 Å². The lowest BCUT2D eigenvalue weighted by Gasteiger charge is -2.24. The number of carbonyl (C=O) groups is 3. The highest BCUT2D eigenvalue weighted by Crippen LogP contribution is 2.17. The van der Waals surface area contributed by atoms with Crippen molar-refractivity contribution in [2.45, 2.75) is 38.9 Å². The van der Waals surface area contributed by atoms with Gasteiger partial charge in [0.1, 0.15) is 18.1 Å². The van der Waals surface area contributed by atoms with E-state index >= 15 is 0 Å². The molecule has 0 aliphatic heterocycles. The fourth-order valence-corrected chi connectivity index (χ4v) is 1.90. The summed E-state index contributed by atoms with van der Waals surface area (Å²) in [5, 5.41) is 0. The van der Waals surface area contributed by atoms with Crippen LogP contribution in [0.2, 0.25) is 0 Å². The summed E-state index contributed by atoms with van der Waals surface area (Å²) in [5.41, 5.74) is 16.5. The van der Waals surface area contributed by atoms with Crippen LogP contribution in [0.3, 0.4) is 0 Å². The van der Waals surface area contributed by atoms with Crippen LogP contribution in [0.25, 0.3) is 0 Å². The molecule has 0 fully saturated rings. The van der Waals surface area contributed by atoms with E-state index in [0.717, 1.165) is 0 Å². The van der Waals surface area contributed by atoms with Gasteiger partial charge in [-0.25, -0.2) is 0 Å². The normalized spacial score (nSPS) is 13.4. The fraction of sp³-hybridized carbons (Fsp3) is 0.667. The number of esters is 3. The molecule has 0 radical (unpaired) electrons. The molecule has 0 saturated heterocycles. The maximum absolute atomic E-state index is 11.7. The Kier molecular flexibility index (Phi) is 10.6. The quantitative estimate of drug-likeness (QED) is 0.167. The maximum atomic E-state index is 11.7. The van der Waals surface area contributed by atoms with E-state index < -0.39 is 36.0 Å². The molecule has 0 spiro atoms. The monoisotopic (exact) mass is 471 g/mol. The van der Waals surface area contributed by atoms with Crippen LogP contribution in [0.1, 0.15) is 20.8 Å². The van der Waals surface area contributed by atoms with E-state index in [2.05, 4.69) is 15.0 Å². The molecule has 0 aromatic carbocycles. The van der Waals surface area contributed by atoms with Crippen LogP contribution >= 0.6 is 0 Å². The summed E-state index contributed by atoms with van der Waals surface area (Å²) < 4.78 is 15.3. The molecule has 1 heterocycles.